The highest BCUT2D eigenvalue weighted by molar-refractivity contribution is 6.30. The Labute approximate surface area is 198 Å². The zero-order valence-corrected chi connectivity index (χ0v) is 19.6. The maximum Gasteiger partial charge on any atom is 0.415 e. The van der Waals surface area contributed by atoms with Crippen LogP contribution in [-0.4, -0.2) is 46.7 Å². The second-order valence-corrected chi connectivity index (χ2v) is 9.57. The van der Waals surface area contributed by atoms with E-state index < -0.39 is 5.60 Å². The van der Waals surface area contributed by atoms with Gasteiger partial charge in [0.1, 0.15) is 5.60 Å². The van der Waals surface area contributed by atoms with Crippen LogP contribution in [0, 0.1) is 0 Å². The van der Waals surface area contributed by atoms with Crippen molar-refractivity contribution in [1.82, 2.24) is 9.47 Å². The number of para-hydroxylation sites is 1. The Kier molecular flexibility index (Phi) is 5.79. The Morgan fingerprint density at radius 1 is 1.12 bits per heavy atom. The first kappa shape index (κ1) is 21.8. The lowest BCUT2D eigenvalue weighted by Gasteiger charge is -2.25. The number of halogens is 1. The molecule has 2 aromatic carbocycles. The topological polar surface area (TPSA) is 54.8 Å². The minimum Gasteiger partial charge on any atom is -0.441 e. The molecule has 3 heterocycles. The molecule has 1 spiro atoms. The average molecular weight is 466 g/mol. The van der Waals surface area contributed by atoms with E-state index in [4.69, 9.17) is 16.3 Å². The minimum atomic E-state index is -0.552. The van der Waals surface area contributed by atoms with Gasteiger partial charge in [0.05, 0.1) is 6.54 Å². The number of aromatic nitrogens is 1. The van der Waals surface area contributed by atoms with E-state index >= 15 is 0 Å². The molecule has 0 saturated carbocycles. The summed E-state index contributed by atoms with van der Waals surface area (Å²) in [5.41, 5.74) is 2.58. The number of carbonyl (C=O) groups is 2. The molecule has 2 saturated heterocycles. The predicted molar refractivity (Wildman–Crippen MR) is 130 cm³/mol. The van der Waals surface area contributed by atoms with Gasteiger partial charge in [-0.05, 0) is 49.1 Å². The Bertz CT molecular complexity index is 1210. The molecule has 2 aliphatic rings. The molecule has 172 valence electrons. The molecule has 2 fully saturated rings. The molecule has 1 aromatic heterocycles. The van der Waals surface area contributed by atoms with Crippen molar-refractivity contribution >= 4 is 40.2 Å². The molecule has 0 N–H and O–H groups in total. The van der Waals surface area contributed by atoms with Gasteiger partial charge < -0.3 is 14.2 Å². The molecule has 3 aromatic rings. The van der Waals surface area contributed by atoms with Crippen LogP contribution in [0.25, 0.3) is 10.9 Å². The normalized spacial score (nSPS) is 21.0. The molecule has 7 heteroatoms. The van der Waals surface area contributed by atoms with E-state index in [0.717, 1.165) is 24.9 Å². The van der Waals surface area contributed by atoms with Crippen molar-refractivity contribution < 1.29 is 14.3 Å². The van der Waals surface area contributed by atoms with Crippen LogP contribution in [0.2, 0.25) is 5.02 Å². The second-order valence-electron chi connectivity index (χ2n) is 9.13. The standard InChI is InChI=1S/C26H28ClN3O3/c1-28-17-19(22-8-2-3-9-23(22)28)10-11-24(31)29-14-5-12-26(13-15-29)18-30(25(32)33-26)21-7-4-6-20(27)16-21/h2-4,6-9,16-17H,5,10-15,18H2,1H3. The number of nitrogens with zero attached hydrogens (tertiary/aromatic N) is 3. The number of fused-ring (bicyclic) bond motifs is 1. The number of anilines is 1. The molecule has 0 aliphatic carbocycles. The number of carbonyl (C=O) groups excluding carboxylic acids is 2. The average Bonchev–Trinajstić information content (AvgIpc) is 3.22. The van der Waals surface area contributed by atoms with Crippen LogP contribution >= 0.6 is 11.6 Å². The van der Waals surface area contributed by atoms with Crippen molar-refractivity contribution in [3.05, 3.63) is 65.3 Å². The first-order chi connectivity index (χ1) is 15.9. The van der Waals surface area contributed by atoms with Crippen molar-refractivity contribution in [2.24, 2.45) is 7.05 Å². The van der Waals surface area contributed by atoms with Crippen LogP contribution in [0.4, 0.5) is 10.5 Å². The molecule has 33 heavy (non-hydrogen) atoms. The van der Waals surface area contributed by atoms with Crippen LogP contribution in [0.15, 0.2) is 54.7 Å². The van der Waals surface area contributed by atoms with Gasteiger partial charge in [-0.1, -0.05) is 35.9 Å². The summed E-state index contributed by atoms with van der Waals surface area (Å²) in [6.45, 7) is 1.79. The molecular weight excluding hydrogens is 438 g/mol. The van der Waals surface area contributed by atoms with Gasteiger partial charge in [0, 0.05) is 60.8 Å². The third kappa shape index (κ3) is 4.32. The lowest BCUT2D eigenvalue weighted by Crippen LogP contribution is -2.37. The van der Waals surface area contributed by atoms with Gasteiger partial charge in [0.25, 0.3) is 0 Å². The predicted octanol–water partition coefficient (Wildman–Crippen LogP) is 5.17. The fourth-order valence-corrected chi connectivity index (χ4v) is 5.35. The fourth-order valence-electron chi connectivity index (χ4n) is 5.17. The molecule has 2 aliphatic heterocycles. The number of amides is 2. The summed E-state index contributed by atoms with van der Waals surface area (Å²) in [7, 11) is 2.04. The lowest BCUT2D eigenvalue weighted by atomic mass is 9.95. The van der Waals surface area contributed by atoms with E-state index in [0.29, 0.717) is 37.5 Å². The molecule has 0 bridgehead atoms. The number of aryl methyl sites for hydroxylation is 2. The third-order valence-corrected chi connectivity index (χ3v) is 7.16. The van der Waals surface area contributed by atoms with Crippen molar-refractivity contribution in [2.45, 2.75) is 37.7 Å². The minimum absolute atomic E-state index is 0.163. The summed E-state index contributed by atoms with van der Waals surface area (Å²) in [6, 6.07) is 15.6. The van der Waals surface area contributed by atoms with Crippen LogP contribution in [-0.2, 0) is 23.0 Å². The van der Waals surface area contributed by atoms with E-state index in [1.165, 1.54) is 16.5 Å². The van der Waals surface area contributed by atoms with E-state index in [1.54, 1.807) is 17.0 Å². The maximum absolute atomic E-state index is 13.0. The van der Waals surface area contributed by atoms with E-state index in [9.17, 15) is 9.59 Å². The summed E-state index contributed by atoms with van der Waals surface area (Å²) in [5.74, 6) is 0.163. The summed E-state index contributed by atoms with van der Waals surface area (Å²) >= 11 is 6.11. The van der Waals surface area contributed by atoms with Gasteiger partial charge in [-0.15, -0.1) is 0 Å². The first-order valence-corrected chi connectivity index (χ1v) is 11.9. The molecule has 5 rings (SSSR count). The van der Waals surface area contributed by atoms with Gasteiger partial charge in [-0.25, -0.2) is 4.79 Å². The van der Waals surface area contributed by atoms with Gasteiger partial charge in [-0.3, -0.25) is 9.69 Å². The number of likely N-dealkylation sites (tertiary alicyclic amines) is 1. The second kappa shape index (κ2) is 8.75. The van der Waals surface area contributed by atoms with Crippen molar-refractivity contribution in [3.63, 3.8) is 0 Å². The highest BCUT2D eigenvalue weighted by Crippen LogP contribution is 2.36. The Balaban J connectivity index is 1.22. The molecular formula is C26H28ClN3O3. The monoisotopic (exact) mass is 465 g/mol. The zero-order chi connectivity index (χ0) is 23.0. The van der Waals surface area contributed by atoms with E-state index in [2.05, 4.69) is 22.9 Å². The maximum atomic E-state index is 13.0. The highest BCUT2D eigenvalue weighted by atomic mass is 35.5. The number of rotatable bonds is 4. The number of hydrogen-bond acceptors (Lipinski definition) is 3. The molecule has 2 amide bonds. The fraction of sp³-hybridized carbons (Fsp3) is 0.385. The molecule has 6 nitrogen and oxygen atoms in total. The SMILES string of the molecule is Cn1cc(CCC(=O)N2CCCC3(CC2)CN(c2cccc(Cl)c2)C(=O)O3)c2ccccc21. The summed E-state index contributed by atoms with van der Waals surface area (Å²) in [4.78, 5) is 29.3. The number of hydrogen-bond donors (Lipinski definition) is 0. The van der Waals surface area contributed by atoms with Crippen molar-refractivity contribution in [3.8, 4) is 0 Å². The van der Waals surface area contributed by atoms with Crippen molar-refractivity contribution in [2.75, 3.05) is 24.5 Å². The van der Waals surface area contributed by atoms with Gasteiger partial charge in [0.2, 0.25) is 5.91 Å². The van der Waals surface area contributed by atoms with Gasteiger partial charge >= 0.3 is 6.09 Å². The molecule has 1 atom stereocenters. The van der Waals surface area contributed by atoms with Crippen molar-refractivity contribution in [1.29, 1.82) is 0 Å². The van der Waals surface area contributed by atoms with E-state index in [-0.39, 0.29) is 12.0 Å². The van der Waals surface area contributed by atoms with Crippen LogP contribution in [0.5, 0.6) is 0 Å². The zero-order valence-electron chi connectivity index (χ0n) is 18.8. The molecule has 1 unspecified atom stereocenters. The Morgan fingerprint density at radius 3 is 2.82 bits per heavy atom. The highest BCUT2D eigenvalue weighted by Gasteiger charge is 2.46. The van der Waals surface area contributed by atoms with E-state index in [1.807, 2.05) is 36.2 Å². The summed E-state index contributed by atoms with van der Waals surface area (Å²) in [5, 5.41) is 1.80. The van der Waals surface area contributed by atoms with Gasteiger partial charge in [-0.2, -0.15) is 0 Å². The Morgan fingerprint density at radius 2 is 1.97 bits per heavy atom. The number of benzene rings is 2. The van der Waals surface area contributed by atoms with Gasteiger partial charge in [0.15, 0.2) is 0 Å². The first-order valence-electron chi connectivity index (χ1n) is 11.5. The quantitative estimate of drug-likeness (QED) is 0.534. The smallest absolute Gasteiger partial charge is 0.415 e. The van der Waals surface area contributed by atoms with Crippen LogP contribution < -0.4 is 4.90 Å². The molecule has 0 radical (unpaired) electrons. The Hall–Kier alpha value is -2.99. The van der Waals surface area contributed by atoms with Crippen LogP contribution in [0.1, 0.15) is 31.2 Å². The summed E-state index contributed by atoms with van der Waals surface area (Å²) < 4.78 is 8.00. The lowest BCUT2D eigenvalue weighted by molar-refractivity contribution is -0.131. The summed E-state index contributed by atoms with van der Waals surface area (Å²) in [6.07, 6.45) is 5.20. The van der Waals surface area contributed by atoms with Crippen LogP contribution in [0.3, 0.4) is 0 Å². The number of ether oxygens (including phenoxy) is 1. The third-order valence-electron chi connectivity index (χ3n) is 6.93. The largest absolute Gasteiger partial charge is 0.441 e.